The lowest BCUT2D eigenvalue weighted by atomic mass is 10.2. The fraction of sp³-hybridized carbons (Fsp3) is 0.0952. The second-order valence-corrected chi connectivity index (χ2v) is 6.82. The minimum atomic E-state index is -4.92. The van der Waals surface area contributed by atoms with Crippen molar-refractivity contribution in [2.75, 3.05) is 0 Å². The summed E-state index contributed by atoms with van der Waals surface area (Å²) in [5.74, 6) is -1.24. The molecule has 0 atom stereocenters. The van der Waals surface area contributed by atoms with Crippen molar-refractivity contribution in [3.05, 3.63) is 66.5 Å². The number of carbonyl (C=O) groups is 2. The molecular weight excluding hydrogens is 427 g/mol. The average Bonchev–Trinajstić information content (AvgIpc) is 3.39. The molecular formula is C21H16F3N5O3. The van der Waals surface area contributed by atoms with E-state index in [1.165, 1.54) is 0 Å². The van der Waals surface area contributed by atoms with Gasteiger partial charge in [-0.25, -0.2) is 9.78 Å². The molecule has 0 aliphatic rings. The van der Waals surface area contributed by atoms with Gasteiger partial charge in [-0.2, -0.15) is 13.2 Å². The van der Waals surface area contributed by atoms with Crippen LogP contribution in [0, 0.1) is 0 Å². The topological polar surface area (TPSA) is 115 Å². The van der Waals surface area contributed by atoms with Crippen LogP contribution in [0.15, 0.2) is 60.9 Å². The van der Waals surface area contributed by atoms with Crippen molar-refractivity contribution in [1.29, 1.82) is 0 Å². The van der Waals surface area contributed by atoms with Gasteiger partial charge in [0, 0.05) is 30.2 Å². The Bertz CT molecular complexity index is 1310. The third-order valence-electron chi connectivity index (χ3n) is 4.57. The first-order valence-electron chi connectivity index (χ1n) is 9.29. The summed E-state index contributed by atoms with van der Waals surface area (Å²) in [6.07, 6.45) is -2.58. The third-order valence-corrected chi connectivity index (χ3v) is 4.57. The second-order valence-electron chi connectivity index (χ2n) is 6.82. The molecule has 2 aromatic heterocycles. The molecule has 0 bridgehead atoms. The lowest BCUT2D eigenvalue weighted by Gasteiger charge is -2.07. The number of ether oxygens (including phenoxy) is 1. The van der Waals surface area contributed by atoms with Gasteiger partial charge in [0.2, 0.25) is 0 Å². The molecule has 4 rings (SSSR count). The number of nitrogens with zero attached hydrogens (tertiary/aromatic N) is 2. The van der Waals surface area contributed by atoms with Crippen LogP contribution in [0.1, 0.15) is 5.56 Å². The van der Waals surface area contributed by atoms with Gasteiger partial charge in [0.15, 0.2) is 5.75 Å². The predicted molar refractivity (Wildman–Crippen MR) is 109 cm³/mol. The molecule has 0 aliphatic heterocycles. The first-order chi connectivity index (χ1) is 15.2. The van der Waals surface area contributed by atoms with E-state index < -0.39 is 18.2 Å². The molecule has 32 heavy (non-hydrogen) atoms. The van der Waals surface area contributed by atoms with E-state index in [0.717, 1.165) is 11.3 Å². The van der Waals surface area contributed by atoms with Crippen LogP contribution in [0.3, 0.4) is 0 Å². The van der Waals surface area contributed by atoms with Crippen LogP contribution >= 0.6 is 0 Å². The molecule has 4 aromatic rings. The van der Waals surface area contributed by atoms with E-state index in [1.54, 1.807) is 47.3 Å². The van der Waals surface area contributed by atoms with Gasteiger partial charge in [0.25, 0.3) is 0 Å². The first kappa shape index (κ1) is 21.0. The Hall–Kier alpha value is -4.28. The zero-order valence-corrected chi connectivity index (χ0v) is 16.3. The first-order valence-corrected chi connectivity index (χ1v) is 9.29. The van der Waals surface area contributed by atoms with E-state index in [1.807, 2.05) is 23.5 Å². The van der Waals surface area contributed by atoms with Gasteiger partial charge < -0.3 is 25.3 Å². The molecule has 0 fully saturated rings. The highest BCUT2D eigenvalue weighted by atomic mass is 19.4. The summed E-state index contributed by atoms with van der Waals surface area (Å²) in [6.45, 7) is -0.253. The van der Waals surface area contributed by atoms with Gasteiger partial charge in [-0.1, -0.05) is 18.2 Å². The summed E-state index contributed by atoms with van der Waals surface area (Å²) in [7, 11) is 0. The van der Waals surface area contributed by atoms with Crippen LogP contribution < -0.4 is 15.8 Å². The fourth-order valence-electron chi connectivity index (χ4n) is 3.14. The van der Waals surface area contributed by atoms with E-state index in [0.29, 0.717) is 22.4 Å². The lowest BCUT2D eigenvalue weighted by Crippen LogP contribution is -2.36. The summed E-state index contributed by atoms with van der Waals surface area (Å²) >= 11 is 0. The number of hydrogen-bond acceptors (Lipinski definition) is 4. The van der Waals surface area contributed by atoms with Crippen LogP contribution in [-0.4, -0.2) is 32.7 Å². The smallest absolute Gasteiger partial charge is 0.408 e. The number of imidazole rings is 1. The van der Waals surface area contributed by atoms with Crippen molar-refractivity contribution in [2.45, 2.75) is 12.7 Å². The maximum Gasteiger partial charge on any atom is 0.471 e. The molecule has 0 unspecified atom stereocenters. The minimum absolute atomic E-state index is 0.226. The average molecular weight is 443 g/mol. The maximum absolute atomic E-state index is 12.3. The quantitative estimate of drug-likeness (QED) is 0.437. The Morgan fingerprint density at radius 2 is 1.94 bits per heavy atom. The van der Waals surface area contributed by atoms with Crippen molar-refractivity contribution < 1.29 is 27.5 Å². The highest BCUT2D eigenvalue weighted by molar-refractivity contribution is 5.87. The van der Waals surface area contributed by atoms with Crippen LogP contribution in [-0.2, 0) is 11.3 Å². The number of fused-ring (bicyclic) bond motifs is 1. The van der Waals surface area contributed by atoms with Gasteiger partial charge >= 0.3 is 18.2 Å². The highest BCUT2D eigenvalue weighted by Crippen LogP contribution is 2.28. The van der Waals surface area contributed by atoms with Gasteiger partial charge in [-0.3, -0.25) is 4.79 Å². The van der Waals surface area contributed by atoms with Crippen molar-refractivity contribution in [3.63, 3.8) is 0 Å². The number of aromatic nitrogens is 3. The fourth-order valence-corrected chi connectivity index (χ4v) is 3.14. The van der Waals surface area contributed by atoms with Crippen molar-refractivity contribution in [2.24, 2.45) is 5.73 Å². The molecule has 2 amide bonds. The largest absolute Gasteiger partial charge is 0.471 e. The number of carbonyl (C=O) groups excluding carboxylic acids is 2. The molecule has 0 spiro atoms. The van der Waals surface area contributed by atoms with Crippen molar-refractivity contribution >= 4 is 23.0 Å². The van der Waals surface area contributed by atoms with E-state index >= 15 is 0 Å². The van der Waals surface area contributed by atoms with E-state index in [-0.39, 0.29) is 12.3 Å². The van der Waals surface area contributed by atoms with Crippen LogP contribution in [0.2, 0.25) is 0 Å². The molecule has 4 N–H and O–H groups in total. The van der Waals surface area contributed by atoms with Gasteiger partial charge in [0.05, 0.1) is 5.52 Å². The van der Waals surface area contributed by atoms with Gasteiger partial charge in [0.1, 0.15) is 11.3 Å². The van der Waals surface area contributed by atoms with Gasteiger partial charge in [-0.05, 0) is 35.9 Å². The van der Waals surface area contributed by atoms with Gasteiger partial charge in [-0.15, -0.1) is 0 Å². The van der Waals surface area contributed by atoms with Crippen LogP contribution in [0.5, 0.6) is 5.75 Å². The summed E-state index contributed by atoms with van der Waals surface area (Å²) in [5.41, 5.74) is 8.14. The number of rotatable bonds is 5. The maximum atomic E-state index is 12.3. The number of nitrogens with one attached hydrogen (secondary N) is 2. The lowest BCUT2D eigenvalue weighted by molar-refractivity contribution is -0.173. The monoisotopic (exact) mass is 443 g/mol. The summed E-state index contributed by atoms with van der Waals surface area (Å²) < 4.78 is 43.7. The molecule has 2 heterocycles. The number of primary amides is 1. The molecule has 11 heteroatoms. The Morgan fingerprint density at radius 3 is 2.69 bits per heavy atom. The Kier molecular flexibility index (Phi) is 5.31. The third kappa shape index (κ3) is 4.41. The predicted octanol–water partition coefficient (Wildman–Crippen LogP) is 3.66. The zero-order chi connectivity index (χ0) is 22.9. The SMILES string of the molecule is NC(=O)Oc1cccc2[nH]c(-c3cccc(-n4ccc(CNC(=O)C(F)(F)F)c4)c3)nc12. The Morgan fingerprint density at radius 1 is 1.16 bits per heavy atom. The number of amides is 2. The summed E-state index contributed by atoms with van der Waals surface area (Å²) in [6, 6.07) is 13.9. The number of benzene rings is 2. The normalized spacial score (nSPS) is 11.5. The number of hydrogen-bond donors (Lipinski definition) is 3. The molecule has 0 saturated carbocycles. The van der Waals surface area contributed by atoms with Crippen molar-refractivity contribution in [3.8, 4) is 22.8 Å². The molecule has 2 aromatic carbocycles. The number of alkyl halides is 3. The number of para-hydroxylation sites is 1. The number of halogens is 3. The number of H-pyrrole nitrogens is 1. The van der Waals surface area contributed by atoms with E-state index in [2.05, 4.69) is 9.97 Å². The Balaban J connectivity index is 1.58. The highest BCUT2D eigenvalue weighted by Gasteiger charge is 2.38. The molecule has 164 valence electrons. The zero-order valence-electron chi connectivity index (χ0n) is 16.3. The van der Waals surface area contributed by atoms with Crippen LogP contribution in [0.4, 0.5) is 18.0 Å². The molecule has 0 aliphatic carbocycles. The summed E-state index contributed by atoms with van der Waals surface area (Å²) in [5, 5.41) is 1.84. The minimum Gasteiger partial charge on any atom is -0.408 e. The Labute approximate surface area is 178 Å². The van der Waals surface area contributed by atoms with Crippen molar-refractivity contribution in [1.82, 2.24) is 19.9 Å². The van der Waals surface area contributed by atoms with E-state index in [9.17, 15) is 22.8 Å². The second kappa shape index (κ2) is 8.10. The van der Waals surface area contributed by atoms with Crippen LogP contribution in [0.25, 0.3) is 28.1 Å². The summed E-state index contributed by atoms with van der Waals surface area (Å²) in [4.78, 5) is 29.7. The molecule has 0 saturated heterocycles. The molecule has 0 radical (unpaired) electrons. The molecule has 8 nitrogen and oxygen atoms in total. The standard InChI is InChI=1S/C21H16F3N5O3/c22-21(23,24)19(30)26-10-12-7-8-29(11-12)14-4-1-3-13(9-14)18-27-15-5-2-6-16(17(15)28-18)32-20(25)31/h1-9,11H,10H2,(H2,25,31)(H,26,30)(H,27,28). The van der Waals surface area contributed by atoms with E-state index in [4.69, 9.17) is 10.5 Å². The number of nitrogens with two attached hydrogens (primary N) is 1. The number of aromatic amines is 1.